The van der Waals surface area contributed by atoms with Crippen LogP contribution in [-0.4, -0.2) is 30.7 Å². The average Bonchev–Trinajstić information content (AvgIpc) is 3.12. The molecule has 28 heavy (non-hydrogen) atoms. The van der Waals surface area contributed by atoms with Gasteiger partial charge in [0, 0.05) is 5.71 Å². The van der Waals surface area contributed by atoms with Crippen molar-refractivity contribution in [1.82, 2.24) is 0 Å². The Hall–Kier alpha value is -3.15. The number of carbonyl (C=O) groups is 2. The van der Waals surface area contributed by atoms with Gasteiger partial charge in [-0.15, -0.1) is 0 Å². The molecule has 4 rings (SSSR count). The summed E-state index contributed by atoms with van der Waals surface area (Å²) in [5, 5.41) is 2.88. The standard InChI is InChI=1S/C22H23N3O3/c1-2-28-20-13-6-4-10-18(20)24-21(26)14-25-19-12-5-3-9-17(19)23-16-11-7-8-15(16)22(25)27/h3-6,9-10,12-13,15H,2,7-8,11,14H2,1H3,(H,24,26). The second kappa shape index (κ2) is 7.84. The van der Waals surface area contributed by atoms with Crippen LogP contribution < -0.4 is 15.0 Å². The molecule has 1 saturated carbocycles. The molecular formula is C22H23N3O3. The van der Waals surface area contributed by atoms with Crippen LogP contribution in [0.5, 0.6) is 5.75 Å². The molecule has 6 heteroatoms. The number of hydrogen-bond donors (Lipinski definition) is 1. The first-order chi connectivity index (χ1) is 13.7. The molecule has 1 atom stereocenters. The number of amides is 2. The number of carbonyl (C=O) groups excluding carboxylic acids is 2. The number of nitrogens with one attached hydrogen (secondary N) is 1. The maximum atomic E-state index is 13.2. The van der Waals surface area contributed by atoms with E-state index in [1.807, 2.05) is 49.4 Å². The highest BCUT2D eigenvalue weighted by Gasteiger charge is 2.37. The first kappa shape index (κ1) is 18.2. The van der Waals surface area contributed by atoms with E-state index >= 15 is 0 Å². The molecule has 0 bridgehead atoms. The fourth-order valence-electron chi connectivity index (χ4n) is 3.82. The van der Waals surface area contributed by atoms with Gasteiger partial charge in [0.2, 0.25) is 11.8 Å². The van der Waals surface area contributed by atoms with E-state index in [0.29, 0.717) is 23.7 Å². The molecule has 2 aromatic carbocycles. The van der Waals surface area contributed by atoms with Gasteiger partial charge in [0.1, 0.15) is 12.3 Å². The summed E-state index contributed by atoms with van der Waals surface area (Å²) >= 11 is 0. The Kier molecular flexibility index (Phi) is 5.10. The quantitative estimate of drug-likeness (QED) is 0.858. The number of rotatable bonds is 5. The largest absolute Gasteiger partial charge is 0.492 e. The zero-order chi connectivity index (χ0) is 19.5. The topological polar surface area (TPSA) is 71.0 Å². The summed E-state index contributed by atoms with van der Waals surface area (Å²) in [5.74, 6) is 0.0736. The first-order valence-electron chi connectivity index (χ1n) is 9.67. The fourth-order valence-corrected chi connectivity index (χ4v) is 3.82. The van der Waals surface area contributed by atoms with Crippen molar-refractivity contribution >= 4 is 34.6 Å². The summed E-state index contributed by atoms with van der Waals surface area (Å²) in [5.41, 5.74) is 2.96. The molecule has 144 valence electrons. The van der Waals surface area contributed by atoms with E-state index in [-0.39, 0.29) is 24.3 Å². The van der Waals surface area contributed by atoms with E-state index in [1.165, 1.54) is 0 Å². The molecule has 2 aromatic rings. The lowest BCUT2D eigenvalue weighted by molar-refractivity contribution is -0.123. The van der Waals surface area contributed by atoms with Gasteiger partial charge in [-0.25, -0.2) is 0 Å². The maximum Gasteiger partial charge on any atom is 0.244 e. The van der Waals surface area contributed by atoms with Crippen LogP contribution in [0, 0.1) is 5.92 Å². The second-order valence-corrected chi connectivity index (χ2v) is 6.94. The summed E-state index contributed by atoms with van der Waals surface area (Å²) < 4.78 is 5.57. The molecule has 1 heterocycles. The lowest BCUT2D eigenvalue weighted by atomic mass is 10.1. The van der Waals surface area contributed by atoms with Crippen LogP contribution in [0.25, 0.3) is 0 Å². The summed E-state index contributed by atoms with van der Waals surface area (Å²) in [4.78, 5) is 32.3. The summed E-state index contributed by atoms with van der Waals surface area (Å²) in [6, 6.07) is 14.8. The van der Waals surface area contributed by atoms with Crippen molar-refractivity contribution in [1.29, 1.82) is 0 Å². The lowest BCUT2D eigenvalue weighted by Crippen LogP contribution is -2.41. The number of para-hydroxylation sites is 4. The molecule has 2 aliphatic rings. The zero-order valence-electron chi connectivity index (χ0n) is 15.9. The van der Waals surface area contributed by atoms with Crippen LogP contribution in [0.15, 0.2) is 53.5 Å². The Balaban J connectivity index is 1.59. The van der Waals surface area contributed by atoms with Crippen molar-refractivity contribution < 1.29 is 14.3 Å². The second-order valence-electron chi connectivity index (χ2n) is 6.94. The van der Waals surface area contributed by atoms with Gasteiger partial charge in [0.25, 0.3) is 0 Å². The minimum atomic E-state index is -0.267. The number of aliphatic imine (C=N–C) groups is 1. The van der Waals surface area contributed by atoms with Crippen LogP contribution in [-0.2, 0) is 9.59 Å². The van der Waals surface area contributed by atoms with Gasteiger partial charge in [-0.2, -0.15) is 0 Å². The van der Waals surface area contributed by atoms with Crippen molar-refractivity contribution in [2.75, 3.05) is 23.4 Å². The molecule has 1 N–H and O–H groups in total. The molecule has 0 aromatic heterocycles. The van der Waals surface area contributed by atoms with Gasteiger partial charge in [-0.3, -0.25) is 14.6 Å². The van der Waals surface area contributed by atoms with E-state index < -0.39 is 0 Å². The molecule has 0 radical (unpaired) electrons. The van der Waals surface area contributed by atoms with Gasteiger partial charge in [-0.05, 0) is 50.5 Å². The molecule has 6 nitrogen and oxygen atoms in total. The maximum absolute atomic E-state index is 13.2. The summed E-state index contributed by atoms with van der Waals surface area (Å²) in [6.45, 7) is 2.34. The molecule has 2 amide bonds. The molecule has 1 unspecified atom stereocenters. The van der Waals surface area contributed by atoms with E-state index in [2.05, 4.69) is 5.32 Å². The van der Waals surface area contributed by atoms with Gasteiger partial charge in [0.15, 0.2) is 0 Å². The summed E-state index contributed by atoms with van der Waals surface area (Å²) in [6.07, 6.45) is 2.59. The van der Waals surface area contributed by atoms with Crippen LogP contribution in [0.4, 0.5) is 17.1 Å². The van der Waals surface area contributed by atoms with Gasteiger partial charge < -0.3 is 15.0 Å². The van der Waals surface area contributed by atoms with E-state index in [9.17, 15) is 9.59 Å². The monoisotopic (exact) mass is 377 g/mol. The van der Waals surface area contributed by atoms with Crippen molar-refractivity contribution in [2.24, 2.45) is 10.9 Å². The molecule has 1 fully saturated rings. The molecule has 1 aliphatic heterocycles. The molecule has 0 saturated heterocycles. The van der Waals surface area contributed by atoms with Crippen molar-refractivity contribution in [3.05, 3.63) is 48.5 Å². The van der Waals surface area contributed by atoms with Crippen LogP contribution in [0.3, 0.4) is 0 Å². The minimum absolute atomic E-state index is 0.0468. The first-order valence-corrected chi connectivity index (χ1v) is 9.67. The number of fused-ring (bicyclic) bond motifs is 2. The Labute approximate surface area is 164 Å². The highest BCUT2D eigenvalue weighted by atomic mass is 16.5. The minimum Gasteiger partial charge on any atom is -0.492 e. The molecule has 1 aliphatic carbocycles. The van der Waals surface area contributed by atoms with E-state index in [4.69, 9.17) is 9.73 Å². The zero-order valence-corrected chi connectivity index (χ0v) is 15.9. The van der Waals surface area contributed by atoms with Gasteiger partial charge >= 0.3 is 0 Å². The van der Waals surface area contributed by atoms with Crippen molar-refractivity contribution in [3.63, 3.8) is 0 Å². The predicted octanol–water partition coefficient (Wildman–Crippen LogP) is 3.94. The third-order valence-corrected chi connectivity index (χ3v) is 5.09. The normalized spacial score (nSPS) is 18.0. The third kappa shape index (κ3) is 3.50. The number of anilines is 2. The molecule has 0 spiro atoms. The lowest BCUT2D eigenvalue weighted by Gasteiger charge is -2.24. The van der Waals surface area contributed by atoms with E-state index in [0.717, 1.165) is 30.7 Å². The fraction of sp³-hybridized carbons (Fsp3) is 0.318. The SMILES string of the molecule is CCOc1ccccc1NC(=O)CN1C(=O)C2CCCC2=Nc2ccccc21. The number of nitrogens with zero attached hydrogens (tertiary/aromatic N) is 2. The van der Waals surface area contributed by atoms with Crippen molar-refractivity contribution in [3.8, 4) is 5.75 Å². The average molecular weight is 377 g/mol. The smallest absolute Gasteiger partial charge is 0.244 e. The van der Waals surface area contributed by atoms with Crippen LogP contribution in [0.2, 0.25) is 0 Å². The van der Waals surface area contributed by atoms with Crippen LogP contribution in [0.1, 0.15) is 26.2 Å². The highest BCUT2D eigenvalue weighted by molar-refractivity contribution is 6.16. The predicted molar refractivity (Wildman–Crippen MR) is 109 cm³/mol. The van der Waals surface area contributed by atoms with E-state index in [1.54, 1.807) is 11.0 Å². The summed E-state index contributed by atoms with van der Waals surface area (Å²) in [7, 11) is 0. The van der Waals surface area contributed by atoms with Crippen LogP contribution >= 0.6 is 0 Å². The van der Waals surface area contributed by atoms with Crippen molar-refractivity contribution in [2.45, 2.75) is 26.2 Å². The van der Waals surface area contributed by atoms with Gasteiger partial charge in [-0.1, -0.05) is 24.3 Å². The highest BCUT2D eigenvalue weighted by Crippen LogP contribution is 2.37. The Morgan fingerprint density at radius 1 is 1.21 bits per heavy atom. The number of ether oxygens (including phenoxy) is 1. The molecular weight excluding hydrogens is 354 g/mol. The third-order valence-electron chi connectivity index (χ3n) is 5.09. The number of hydrogen-bond acceptors (Lipinski definition) is 4. The van der Waals surface area contributed by atoms with Gasteiger partial charge in [0.05, 0.1) is 29.6 Å². The Bertz CT molecular complexity index is 938. The Morgan fingerprint density at radius 2 is 2.00 bits per heavy atom. The number of benzene rings is 2. The Morgan fingerprint density at radius 3 is 2.86 bits per heavy atom.